The summed E-state index contributed by atoms with van der Waals surface area (Å²) in [6.07, 6.45) is 1.45. The molecule has 1 saturated heterocycles. The third-order valence-corrected chi connectivity index (χ3v) is 5.86. The smallest absolute Gasteiger partial charge is 0.214 e. The summed E-state index contributed by atoms with van der Waals surface area (Å²) in [7, 11) is -3.29. The lowest BCUT2D eigenvalue weighted by molar-refractivity contribution is -0.00447. The maximum atomic E-state index is 12.1. The SMILES string of the molecule is CC(C)S(=O)(=O)NC1CCCOC1c1ccc(Br)cc1. The summed E-state index contributed by atoms with van der Waals surface area (Å²) in [4.78, 5) is 0. The number of benzene rings is 1. The zero-order valence-corrected chi connectivity index (χ0v) is 14.1. The molecule has 1 aromatic rings. The zero-order valence-electron chi connectivity index (χ0n) is 11.7. The second kappa shape index (κ2) is 6.56. The average Bonchev–Trinajstić information content (AvgIpc) is 2.40. The van der Waals surface area contributed by atoms with E-state index in [1.54, 1.807) is 13.8 Å². The quantitative estimate of drug-likeness (QED) is 0.896. The number of hydrogen-bond acceptors (Lipinski definition) is 3. The molecule has 2 rings (SSSR count). The Morgan fingerprint density at radius 3 is 2.55 bits per heavy atom. The molecule has 1 fully saturated rings. The largest absolute Gasteiger partial charge is 0.372 e. The molecule has 0 radical (unpaired) electrons. The first kappa shape index (κ1) is 15.9. The topological polar surface area (TPSA) is 55.4 Å². The minimum atomic E-state index is -3.29. The second-order valence-electron chi connectivity index (χ2n) is 5.30. The molecule has 1 N–H and O–H groups in total. The van der Waals surface area contributed by atoms with Crippen molar-refractivity contribution in [2.24, 2.45) is 0 Å². The van der Waals surface area contributed by atoms with Gasteiger partial charge in [0.2, 0.25) is 10.0 Å². The minimum Gasteiger partial charge on any atom is -0.372 e. The van der Waals surface area contributed by atoms with Crippen LogP contribution in [0.2, 0.25) is 0 Å². The van der Waals surface area contributed by atoms with Crippen molar-refractivity contribution in [3.8, 4) is 0 Å². The summed E-state index contributed by atoms with van der Waals surface area (Å²) in [5.74, 6) is 0. The first-order chi connectivity index (χ1) is 9.40. The third-order valence-electron chi connectivity index (χ3n) is 3.46. The second-order valence-corrected chi connectivity index (χ2v) is 8.49. The minimum absolute atomic E-state index is 0.197. The van der Waals surface area contributed by atoms with Gasteiger partial charge in [0, 0.05) is 11.1 Å². The normalized spacial score (nSPS) is 24.0. The highest BCUT2D eigenvalue weighted by Gasteiger charge is 2.31. The standard InChI is InChI=1S/C14H20BrNO3S/c1-10(2)20(17,18)16-13-4-3-9-19-14(13)11-5-7-12(15)8-6-11/h5-8,10,13-14,16H,3-4,9H2,1-2H3. The lowest BCUT2D eigenvalue weighted by Gasteiger charge is -2.33. The van der Waals surface area contributed by atoms with Crippen LogP contribution in [0.4, 0.5) is 0 Å². The molecule has 0 aliphatic carbocycles. The molecular weight excluding hydrogens is 342 g/mol. The molecule has 0 saturated carbocycles. The summed E-state index contributed by atoms with van der Waals surface area (Å²) < 4.78 is 33.7. The fourth-order valence-corrected chi connectivity index (χ4v) is 3.43. The number of halogens is 1. The van der Waals surface area contributed by atoms with Crippen molar-refractivity contribution in [1.82, 2.24) is 4.72 Å². The highest BCUT2D eigenvalue weighted by atomic mass is 79.9. The molecule has 1 heterocycles. The summed E-state index contributed by atoms with van der Waals surface area (Å²) in [6.45, 7) is 4.03. The van der Waals surface area contributed by atoms with Gasteiger partial charge in [0.25, 0.3) is 0 Å². The Balaban J connectivity index is 2.19. The molecular formula is C14H20BrNO3S. The molecule has 0 aromatic heterocycles. The van der Waals surface area contributed by atoms with Crippen LogP contribution < -0.4 is 4.72 Å². The molecule has 0 amide bonds. The first-order valence-corrected chi connectivity index (χ1v) is 9.12. The predicted octanol–water partition coefficient (Wildman–Crippen LogP) is 3.00. The van der Waals surface area contributed by atoms with Crippen LogP contribution in [-0.2, 0) is 14.8 Å². The Labute approximate surface area is 129 Å². The average molecular weight is 362 g/mol. The molecule has 4 nitrogen and oxygen atoms in total. The Kier molecular flexibility index (Phi) is 5.23. The fraction of sp³-hybridized carbons (Fsp3) is 0.571. The molecule has 6 heteroatoms. The van der Waals surface area contributed by atoms with E-state index in [0.29, 0.717) is 6.61 Å². The van der Waals surface area contributed by atoms with Gasteiger partial charge in [-0.05, 0) is 44.4 Å². The zero-order chi connectivity index (χ0) is 14.8. The lowest BCUT2D eigenvalue weighted by atomic mass is 9.97. The molecule has 1 aliphatic rings. The van der Waals surface area contributed by atoms with Crippen LogP contribution >= 0.6 is 15.9 Å². The number of sulfonamides is 1. The summed E-state index contributed by atoms with van der Waals surface area (Å²) in [5.41, 5.74) is 1.00. The monoisotopic (exact) mass is 361 g/mol. The van der Waals surface area contributed by atoms with Crippen molar-refractivity contribution < 1.29 is 13.2 Å². The van der Waals surface area contributed by atoms with Gasteiger partial charge in [-0.15, -0.1) is 0 Å². The van der Waals surface area contributed by atoms with E-state index >= 15 is 0 Å². The van der Waals surface area contributed by atoms with Crippen LogP contribution in [0.5, 0.6) is 0 Å². The van der Waals surface area contributed by atoms with E-state index in [2.05, 4.69) is 20.7 Å². The Morgan fingerprint density at radius 1 is 1.30 bits per heavy atom. The van der Waals surface area contributed by atoms with E-state index in [1.807, 2.05) is 24.3 Å². The summed E-state index contributed by atoms with van der Waals surface area (Å²) >= 11 is 3.40. The predicted molar refractivity (Wildman–Crippen MR) is 83.0 cm³/mol. The number of hydrogen-bond donors (Lipinski definition) is 1. The van der Waals surface area contributed by atoms with Gasteiger partial charge in [0.05, 0.1) is 17.4 Å². The van der Waals surface area contributed by atoms with E-state index in [0.717, 1.165) is 22.9 Å². The van der Waals surface area contributed by atoms with E-state index in [-0.39, 0.29) is 12.1 Å². The van der Waals surface area contributed by atoms with Crippen molar-refractivity contribution in [3.05, 3.63) is 34.3 Å². The molecule has 1 aliphatic heterocycles. The van der Waals surface area contributed by atoms with Gasteiger partial charge in [-0.2, -0.15) is 0 Å². The van der Waals surface area contributed by atoms with Gasteiger partial charge in [-0.25, -0.2) is 13.1 Å². The molecule has 20 heavy (non-hydrogen) atoms. The molecule has 0 bridgehead atoms. The van der Waals surface area contributed by atoms with Gasteiger partial charge in [0.1, 0.15) is 0 Å². The van der Waals surface area contributed by atoms with Crippen LogP contribution in [0.25, 0.3) is 0 Å². The van der Waals surface area contributed by atoms with Crippen molar-refractivity contribution in [3.63, 3.8) is 0 Å². The first-order valence-electron chi connectivity index (χ1n) is 6.78. The van der Waals surface area contributed by atoms with Crippen LogP contribution in [0, 0.1) is 0 Å². The van der Waals surface area contributed by atoms with Gasteiger partial charge >= 0.3 is 0 Å². The number of ether oxygens (including phenoxy) is 1. The fourth-order valence-electron chi connectivity index (χ4n) is 2.23. The highest BCUT2D eigenvalue weighted by Crippen LogP contribution is 2.30. The molecule has 1 aromatic carbocycles. The third kappa shape index (κ3) is 3.81. The molecule has 2 unspecified atom stereocenters. The Morgan fingerprint density at radius 2 is 1.95 bits per heavy atom. The van der Waals surface area contributed by atoms with Gasteiger partial charge in [-0.1, -0.05) is 28.1 Å². The maximum absolute atomic E-state index is 12.1. The van der Waals surface area contributed by atoms with Gasteiger partial charge < -0.3 is 4.74 Å². The van der Waals surface area contributed by atoms with Crippen LogP contribution in [0.1, 0.15) is 38.4 Å². The van der Waals surface area contributed by atoms with E-state index in [9.17, 15) is 8.42 Å². The van der Waals surface area contributed by atoms with Crippen LogP contribution in [0.15, 0.2) is 28.7 Å². The van der Waals surface area contributed by atoms with Crippen LogP contribution in [0.3, 0.4) is 0 Å². The number of rotatable bonds is 4. The summed E-state index contributed by atoms with van der Waals surface area (Å²) in [5, 5.41) is -0.435. The van der Waals surface area contributed by atoms with Gasteiger partial charge in [-0.3, -0.25) is 0 Å². The number of nitrogens with one attached hydrogen (secondary N) is 1. The van der Waals surface area contributed by atoms with Crippen molar-refractivity contribution in [2.75, 3.05) is 6.61 Å². The highest BCUT2D eigenvalue weighted by molar-refractivity contribution is 9.10. The van der Waals surface area contributed by atoms with Crippen molar-refractivity contribution in [2.45, 2.75) is 44.1 Å². The Hall–Kier alpha value is -0.430. The molecule has 0 spiro atoms. The molecule has 2 atom stereocenters. The van der Waals surface area contributed by atoms with E-state index < -0.39 is 15.3 Å². The van der Waals surface area contributed by atoms with E-state index in [4.69, 9.17) is 4.74 Å². The maximum Gasteiger partial charge on any atom is 0.214 e. The van der Waals surface area contributed by atoms with Gasteiger partial charge in [0.15, 0.2) is 0 Å². The summed E-state index contributed by atoms with van der Waals surface area (Å²) in [6, 6.07) is 7.63. The Bertz CT molecular complexity index is 542. The lowest BCUT2D eigenvalue weighted by Crippen LogP contribution is -2.45. The van der Waals surface area contributed by atoms with E-state index in [1.165, 1.54) is 0 Å². The van der Waals surface area contributed by atoms with Crippen LogP contribution in [-0.4, -0.2) is 26.3 Å². The van der Waals surface area contributed by atoms with Crippen molar-refractivity contribution >= 4 is 26.0 Å². The molecule has 112 valence electrons. The van der Waals surface area contributed by atoms with Crippen molar-refractivity contribution in [1.29, 1.82) is 0 Å².